The van der Waals surface area contributed by atoms with Crippen molar-refractivity contribution < 1.29 is 8.91 Å². The number of hydrogen-bond acceptors (Lipinski definition) is 4. The second-order valence-corrected chi connectivity index (χ2v) is 5.20. The van der Waals surface area contributed by atoms with Gasteiger partial charge in [-0.3, -0.25) is 4.90 Å². The van der Waals surface area contributed by atoms with Gasteiger partial charge in [-0.15, -0.1) is 0 Å². The molecule has 0 amide bonds. The normalized spacial score (nSPS) is 14.5. The first kappa shape index (κ1) is 14.7. The van der Waals surface area contributed by atoms with E-state index in [0.29, 0.717) is 6.54 Å². The number of rotatable bonds is 5. The molecule has 0 spiro atoms. The minimum Gasteiger partial charge on any atom is -0.361 e. The molecule has 108 valence electrons. The van der Waals surface area contributed by atoms with Crippen molar-refractivity contribution in [3.63, 3.8) is 0 Å². The number of nitrogens with zero attached hydrogens (tertiary/aromatic N) is 2. The smallest absolute Gasteiger partial charge is 0.133 e. The second kappa shape index (κ2) is 6.15. The van der Waals surface area contributed by atoms with E-state index >= 15 is 0 Å². The summed E-state index contributed by atoms with van der Waals surface area (Å²) in [6, 6.07) is 8.27. The lowest BCUT2D eigenvalue weighted by molar-refractivity contribution is 0.205. The van der Waals surface area contributed by atoms with E-state index in [1.807, 2.05) is 27.0 Å². The Bertz CT molecular complexity index is 551. The molecule has 0 saturated heterocycles. The van der Waals surface area contributed by atoms with Crippen LogP contribution in [0.5, 0.6) is 0 Å². The Kier molecular flexibility index (Phi) is 4.52. The van der Waals surface area contributed by atoms with Crippen molar-refractivity contribution in [1.82, 2.24) is 10.1 Å². The molecular weight excluding hydrogens is 257 g/mol. The first-order valence-electron chi connectivity index (χ1n) is 6.61. The van der Waals surface area contributed by atoms with Crippen LogP contribution in [0.25, 0.3) is 0 Å². The fourth-order valence-corrected chi connectivity index (χ4v) is 2.47. The van der Waals surface area contributed by atoms with Crippen LogP contribution in [0.4, 0.5) is 4.39 Å². The molecule has 0 radical (unpaired) electrons. The summed E-state index contributed by atoms with van der Waals surface area (Å²) in [4.78, 5) is 2.09. The maximum Gasteiger partial charge on any atom is 0.133 e. The summed E-state index contributed by atoms with van der Waals surface area (Å²) >= 11 is 0. The highest BCUT2D eigenvalue weighted by atomic mass is 19.1. The van der Waals surface area contributed by atoms with Crippen molar-refractivity contribution in [2.45, 2.75) is 32.5 Å². The van der Waals surface area contributed by atoms with E-state index in [1.165, 1.54) is 12.1 Å². The molecule has 0 bridgehead atoms. The monoisotopic (exact) mass is 277 g/mol. The Balaban J connectivity index is 2.17. The molecule has 2 rings (SSSR count). The molecule has 1 aromatic carbocycles. The van der Waals surface area contributed by atoms with Gasteiger partial charge in [-0.1, -0.05) is 17.3 Å². The molecule has 2 N–H and O–H groups in total. The van der Waals surface area contributed by atoms with Gasteiger partial charge in [-0.25, -0.2) is 4.39 Å². The van der Waals surface area contributed by atoms with E-state index < -0.39 is 0 Å². The third-order valence-electron chi connectivity index (χ3n) is 3.27. The van der Waals surface area contributed by atoms with Crippen LogP contribution in [-0.4, -0.2) is 23.1 Å². The van der Waals surface area contributed by atoms with E-state index in [2.05, 4.69) is 10.1 Å². The van der Waals surface area contributed by atoms with E-state index in [9.17, 15) is 4.39 Å². The Morgan fingerprint density at radius 2 is 2.00 bits per heavy atom. The lowest BCUT2D eigenvalue weighted by atomic mass is 9.99. The maximum atomic E-state index is 13.0. The minimum atomic E-state index is -0.244. The topological polar surface area (TPSA) is 55.3 Å². The van der Waals surface area contributed by atoms with Crippen LogP contribution in [0.2, 0.25) is 0 Å². The van der Waals surface area contributed by atoms with Gasteiger partial charge in [0.1, 0.15) is 11.6 Å². The lowest BCUT2D eigenvalue weighted by Gasteiger charge is -2.30. The largest absolute Gasteiger partial charge is 0.361 e. The fraction of sp³-hybridized carbons (Fsp3) is 0.400. The van der Waals surface area contributed by atoms with Gasteiger partial charge < -0.3 is 10.3 Å². The zero-order valence-corrected chi connectivity index (χ0v) is 12.0. The summed E-state index contributed by atoms with van der Waals surface area (Å²) in [6.45, 7) is 4.43. The lowest BCUT2D eigenvalue weighted by Crippen LogP contribution is -2.37. The Labute approximate surface area is 118 Å². The van der Waals surface area contributed by atoms with Crippen molar-refractivity contribution in [1.29, 1.82) is 0 Å². The molecule has 5 heteroatoms. The molecule has 1 aromatic heterocycles. The number of hydrogen-bond donors (Lipinski definition) is 1. The predicted molar refractivity (Wildman–Crippen MR) is 75.5 cm³/mol. The molecule has 2 unspecified atom stereocenters. The Hall–Kier alpha value is -1.72. The van der Waals surface area contributed by atoms with Crippen LogP contribution in [0.3, 0.4) is 0 Å². The molecule has 20 heavy (non-hydrogen) atoms. The molecule has 2 atom stereocenters. The molecular formula is C15H20FN3O. The Morgan fingerprint density at radius 3 is 2.50 bits per heavy atom. The van der Waals surface area contributed by atoms with Crippen LogP contribution >= 0.6 is 0 Å². The van der Waals surface area contributed by atoms with Gasteiger partial charge in [0.05, 0.1) is 5.69 Å². The minimum absolute atomic E-state index is 0.00685. The number of aromatic nitrogens is 1. The zero-order valence-electron chi connectivity index (χ0n) is 12.0. The summed E-state index contributed by atoms with van der Waals surface area (Å²) in [7, 11) is 1.97. The summed E-state index contributed by atoms with van der Waals surface area (Å²) < 4.78 is 18.1. The number of halogens is 1. The molecule has 0 fully saturated rings. The number of aryl methyl sites for hydroxylation is 1. The summed E-state index contributed by atoms with van der Waals surface area (Å²) in [5.74, 6) is 0.541. The quantitative estimate of drug-likeness (QED) is 0.913. The van der Waals surface area contributed by atoms with Gasteiger partial charge in [0.2, 0.25) is 0 Å². The van der Waals surface area contributed by atoms with Gasteiger partial charge in [-0.05, 0) is 38.6 Å². The molecule has 1 heterocycles. The molecule has 0 aliphatic rings. The van der Waals surface area contributed by atoms with Crippen LogP contribution in [-0.2, 0) is 6.54 Å². The highest BCUT2D eigenvalue weighted by Crippen LogP contribution is 2.24. The summed E-state index contributed by atoms with van der Waals surface area (Å²) in [5.41, 5.74) is 7.94. The first-order chi connectivity index (χ1) is 9.47. The van der Waals surface area contributed by atoms with Gasteiger partial charge in [0.15, 0.2) is 0 Å². The highest BCUT2D eigenvalue weighted by molar-refractivity contribution is 5.21. The van der Waals surface area contributed by atoms with Crippen LogP contribution in [0, 0.1) is 12.7 Å². The van der Waals surface area contributed by atoms with Crippen molar-refractivity contribution in [2.75, 3.05) is 7.05 Å². The van der Waals surface area contributed by atoms with Crippen molar-refractivity contribution in [2.24, 2.45) is 5.73 Å². The van der Waals surface area contributed by atoms with E-state index in [4.69, 9.17) is 10.3 Å². The van der Waals surface area contributed by atoms with Gasteiger partial charge in [0.25, 0.3) is 0 Å². The Morgan fingerprint density at radius 1 is 1.35 bits per heavy atom. The first-order valence-corrected chi connectivity index (χ1v) is 6.61. The highest BCUT2D eigenvalue weighted by Gasteiger charge is 2.22. The zero-order chi connectivity index (χ0) is 14.7. The van der Waals surface area contributed by atoms with Gasteiger partial charge >= 0.3 is 0 Å². The third-order valence-corrected chi connectivity index (χ3v) is 3.27. The number of benzene rings is 1. The van der Waals surface area contributed by atoms with Crippen molar-refractivity contribution in [3.05, 3.63) is 53.2 Å². The van der Waals surface area contributed by atoms with Crippen LogP contribution in [0.15, 0.2) is 34.9 Å². The van der Waals surface area contributed by atoms with Gasteiger partial charge in [-0.2, -0.15) is 0 Å². The third kappa shape index (κ3) is 3.43. The SMILES string of the molecule is Cc1cc(CN(C)C(c2ccc(F)cc2)C(C)N)no1. The van der Waals surface area contributed by atoms with Crippen molar-refractivity contribution >= 4 is 0 Å². The van der Waals surface area contributed by atoms with Crippen LogP contribution in [0.1, 0.15) is 30.0 Å². The summed E-state index contributed by atoms with van der Waals surface area (Å²) in [5, 5.41) is 3.99. The molecule has 0 aliphatic carbocycles. The van der Waals surface area contributed by atoms with E-state index in [-0.39, 0.29) is 17.9 Å². The fourth-order valence-electron chi connectivity index (χ4n) is 2.47. The molecule has 0 aliphatic heterocycles. The number of nitrogens with two attached hydrogens (primary N) is 1. The molecule has 0 saturated carbocycles. The number of likely N-dealkylation sites (N-methyl/N-ethyl adjacent to an activating group) is 1. The average molecular weight is 277 g/mol. The van der Waals surface area contributed by atoms with Crippen LogP contribution < -0.4 is 5.73 Å². The van der Waals surface area contributed by atoms with Crippen molar-refractivity contribution in [3.8, 4) is 0 Å². The average Bonchev–Trinajstić information content (AvgIpc) is 2.77. The second-order valence-electron chi connectivity index (χ2n) is 5.20. The molecule has 2 aromatic rings. The standard InChI is InChI=1S/C15H20FN3O/c1-10-8-14(18-20-10)9-19(3)15(11(2)17)12-4-6-13(16)7-5-12/h4-8,11,15H,9,17H2,1-3H3. The van der Waals surface area contributed by atoms with E-state index in [0.717, 1.165) is 17.0 Å². The maximum absolute atomic E-state index is 13.0. The van der Waals surface area contributed by atoms with Gasteiger partial charge in [0, 0.05) is 24.7 Å². The predicted octanol–water partition coefficient (Wildman–Crippen LogP) is 2.64. The summed E-state index contributed by atoms with van der Waals surface area (Å²) in [6.07, 6.45) is 0. The molecule has 4 nitrogen and oxygen atoms in total. The van der Waals surface area contributed by atoms with E-state index in [1.54, 1.807) is 12.1 Å².